The van der Waals surface area contributed by atoms with E-state index in [0.717, 1.165) is 32.5 Å². The third kappa shape index (κ3) is 3.90. The Morgan fingerprint density at radius 3 is 3.00 bits per heavy atom. The van der Waals surface area contributed by atoms with Crippen LogP contribution in [0.25, 0.3) is 0 Å². The van der Waals surface area contributed by atoms with Gasteiger partial charge in [0, 0.05) is 25.5 Å². The van der Waals surface area contributed by atoms with Crippen LogP contribution < -0.4 is 4.74 Å². The monoisotopic (exact) mass is 315 g/mol. The number of nitrogens with zero attached hydrogens (tertiary/aromatic N) is 3. The average Bonchev–Trinajstić information content (AvgIpc) is 3.10. The Labute approximate surface area is 135 Å². The van der Waals surface area contributed by atoms with E-state index in [2.05, 4.69) is 10.00 Å². The zero-order valence-electron chi connectivity index (χ0n) is 13.0. The van der Waals surface area contributed by atoms with Gasteiger partial charge in [0.25, 0.3) is 0 Å². The minimum Gasteiger partial charge on any atom is -0.491 e. The van der Waals surface area contributed by atoms with Crippen molar-refractivity contribution in [1.29, 1.82) is 0 Å². The maximum absolute atomic E-state index is 11.2. The van der Waals surface area contributed by atoms with E-state index in [4.69, 9.17) is 9.84 Å². The molecule has 23 heavy (non-hydrogen) atoms. The fourth-order valence-electron chi connectivity index (χ4n) is 3.00. The number of benzene rings is 1. The first kappa shape index (κ1) is 15.6. The van der Waals surface area contributed by atoms with Crippen LogP contribution in [0.2, 0.25) is 0 Å². The number of para-hydroxylation sites is 1. The fourth-order valence-corrected chi connectivity index (χ4v) is 3.00. The van der Waals surface area contributed by atoms with Crippen molar-refractivity contribution in [3.05, 3.63) is 48.3 Å². The number of piperidine rings is 1. The first-order chi connectivity index (χ1) is 11.2. The number of rotatable bonds is 6. The Balaban J connectivity index is 1.52. The molecule has 0 bridgehead atoms. The highest BCUT2D eigenvalue weighted by Crippen LogP contribution is 2.21. The number of aromatic carboxylic acids is 1. The normalized spacial score (nSPS) is 18.7. The standard InChI is InChI=1S/C17H21N3O3/c21-17(22)15-6-1-2-7-16(15)23-12-11-19-9-3-5-14(13-19)20-10-4-8-18-20/h1-2,4,6-8,10,14H,3,5,9,11-13H2,(H,21,22). The van der Waals surface area contributed by atoms with Gasteiger partial charge in [-0.2, -0.15) is 5.10 Å². The molecule has 0 amide bonds. The van der Waals surface area contributed by atoms with Crippen molar-refractivity contribution < 1.29 is 14.6 Å². The van der Waals surface area contributed by atoms with Crippen molar-refractivity contribution >= 4 is 5.97 Å². The molecule has 2 aromatic rings. The number of carboxylic acids is 1. The minimum atomic E-state index is -0.961. The van der Waals surface area contributed by atoms with Crippen LogP contribution in [0.4, 0.5) is 0 Å². The summed E-state index contributed by atoms with van der Waals surface area (Å²) in [5, 5.41) is 13.5. The molecule has 1 unspecified atom stereocenters. The predicted molar refractivity (Wildman–Crippen MR) is 85.8 cm³/mol. The first-order valence-corrected chi connectivity index (χ1v) is 7.90. The number of carbonyl (C=O) groups is 1. The molecule has 1 aromatic carbocycles. The number of hydrogen-bond acceptors (Lipinski definition) is 4. The molecule has 1 aliphatic heterocycles. The molecule has 2 heterocycles. The van der Waals surface area contributed by atoms with Gasteiger partial charge in [-0.25, -0.2) is 4.79 Å². The van der Waals surface area contributed by atoms with Gasteiger partial charge in [-0.1, -0.05) is 12.1 Å². The van der Waals surface area contributed by atoms with Gasteiger partial charge in [-0.15, -0.1) is 0 Å². The number of aromatic nitrogens is 2. The van der Waals surface area contributed by atoms with E-state index in [1.807, 2.05) is 23.1 Å². The van der Waals surface area contributed by atoms with Gasteiger partial charge < -0.3 is 9.84 Å². The highest BCUT2D eigenvalue weighted by atomic mass is 16.5. The molecular formula is C17H21N3O3. The number of ether oxygens (including phenoxy) is 1. The van der Waals surface area contributed by atoms with E-state index in [1.54, 1.807) is 24.3 Å². The third-order valence-electron chi connectivity index (χ3n) is 4.16. The molecule has 1 aliphatic rings. The van der Waals surface area contributed by atoms with Crippen LogP contribution in [-0.2, 0) is 0 Å². The van der Waals surface area contributed by atoms with E-state index >= 15 is 0 Å². The molecule has 1 N–H and O–H groups in total. The van der Waals surface area contributed by atoms with Crippen LogP contribution in [0.15, 0.2) is 42.7 Å². The third-order valence-corrected chi connectivity index (χ3v) is 4.16. The summed E-state index contributed by atoms with van der Waals surface area (Å²) in [5.41, 5.74) is 0.209. The molecule has 3 rings (SSSR count). The second-order valence-corrected chi connectivity index (χ2v) is 5.73. The van der Waals surface area contributed by atoms with Crippen LogP contribution in [0, 0.1) is 0 Å². The van der Waals surface area contributed by atoms with Crippen LogP contribution in [0.5, 0.6) is 5.75 Å². The highest BCUT2D eigenvalue weighted by molar-refractivity contribution is 5.90. The number of likely N-dealkylation sites (tertiary alicyclic amines) is 1. The molecule has 0 spiro atoms. The summed E-state index contributed by atoms with van der Waals surface area (Å²) in [6.45, 7) is 3.26. The molecular weight excluding hydrogens is 294 g/mol. The second-order valence-electron chi connectivity index (χ2n) is 5.73. The summed E-state index contributed by atoms with van der Waals surface area (Å²) in [5.74, 6) is -0.530. The van der Waals surface area contributed by atoms with Crippen LogP contribution in [0.3, 0.4) is 0 Å². The topological polar surface area (TPSA) is 67.6 Å². The maximum atomic E-state index is 11.2. The van der Waals surface area contributed by atoms with Gasteiger partial charge >= 0.3 is 5.97 Å². The zero-order chi connectivity index (χ0) is 16.1. The highest BCUT2D eigenvalue weighted by Gasteiger charge is 2.21. The summed E-state index contributed by atoms with van der Waals surface area (Å²) in [6.07, 6.45) is 6.09. The zero-order valence-corrected chi connectivity index (χ0v) is 13.0. The Morgan fingerprint density at radius 1 is 1.35 bits per heavy atom. The van der Waals surface area contributed by atoms with Crippen molar-refractivity contribution in [3.63, 3.8) is 0 Å². The van der Waals surface area contributed by atoms with Gasteiger partial charge in [0.1, 0.15) is 17.9 Å². The molecule has 0 saturated carbocycles. The summed E-state index contributed by atoms with van der Waals surface area (Å²) < 4.78 is 7.70. The SMILES string of the molecule is O=C(O)c1ccccc1OCCN1CCCC(n2cccn2)C1. The van der Waals surface area contributed by atoms with Crippen LogP contribution >= 0.6 is 0 Å². The Morgan fingerprint density at radius 2 is 2.22 bits per heavy atom. The van der Waals surface area contributed by atoms with Gasteiger partial charge in [0.15, 0.2) is 0 Å². The Hall–Kier alpha value is -2.34. The van der Waals surface area contributed by atoms with Gasteiger partial charge in [-0.3, -0.25) is 9.58 Å². The second kappa shape index (κ2) is 7.28. The van der Waals surface area contributed by atoms with E-state index < -0.39 is 5.97 Å². The predicted octanol–water partition coefficient (Wildman–Crippen LogP) is 2.30. The van der Waals surface area contributed by atoms with Crippen molar-refractivity contribution in [2.24, 2.45) is 0 Å². The van der Waals surface area contributed by atoms with Gasteiger partial charge in [-0.05, 0) is 37.6 Å². The fraction of sp³-hybridized carbons (Fsp3) is 0.412. The molecule has 1 atom stereocenters. The van der Waals surface area contributed by atoms with E-state index in [-0.39, 0.29) is 5.56 Å². The van der Waals surface area contributed by atoms with Gasteiger partial charge in [0.2, 0.25) is 0 Å². The quantitative estimate of drug-likeness (QED) is 0.886. The number of carboxylic acid groups (broad SMARTS) is 1. The average molecular weight is 315 g/mol. The van der Waals surface area contributed by atoms with Gasteiger partial charge in [0.05, 0.1) is 6.04 Å². The largest absolute Gasteiger partial charge is 0.491 e. The van der Waals surface area contributed by atoms with E-state index in [1.165, 1.54) is 0 Å². The van der Waals surface area contributed by atoms with Crippen LogP contribution in [0.1, 0.15) is 29.2 Å². The van der Waals surface area contributed by atoms with Crippen molar-refractivity contribution in [3.8, 4) is 5.75 Å². The van der Waals surface area contributed by atoms with E-state index in [0.29, 0.717) is 18.4 Å². The van der Waals surface area contributed by atoms with E-state index in [9.17, 15) is 4.79 Å². The lowest BCUT2D eigenvalue weighted by atomic mass is 10.1. The lowest BCUT2D eigenvalue weighted by Crippen LogP contribution is -2.39. The first-order valence-electron chi connectivity index (χ1n) is 7.90. The Kier molecular flexibility index (Phi) is 4.92. The van der Waals surface area contributed by atoms with Crippen molar-refractivity contribution in [2.45, 2.75) is 18.9 Å². The van der Waals surface area contributed by atoms with Crippen LogP contribution in [-0.4, -0.2) is 52.0 Å². The molecule has 1 saturated heterocycles. The lowest BCUT2D eigenvalue weighted by Gasteiger charge is -2.32. The minimum absolute atomic E-state index is 0.209. The molecule has 122 valence electrons. The maximum Gasteiger partial charge on any atom is 0.339 e. The summed E-state index contributed by atoms with van der Waals surface area (Å²) in [4.78, 5) is 13.5. The van der Waals surface area contributed by atoms with Crippen molar-refractivity contribution in [2.75, 3.05) is 26.2 Å². The summed E-state index contributed by atoms with van der Waals surface area (Å²) in [7, 11) is 0. The Bertz CT molecular complexity index is 642. The number of hydrogen-bond donors (Lipinski definition) is 1. The van der Waals surface area contributed by atoms with Crippen molar-refractivity contribution in [1.82, 2.24) is 14.7 Å². The summed E-state index contributed by atoms with van der Waals surface area (Å²) >= 11 is 0. The molecule has 1 fully saturated rings. The summed E-state index contributed by atoms with van der Waals surface area (Å²) in [6, 6.07) is 9.11. The molecule has 6 nitrogen and oxygen atoms in total. The smallest absolute Gasteiger partial charge is 0.339 e. The molecule has 0 aliphatic carbocycles. The molecule has 1 aromatic heterocycles. The molecule has 0 radical (unpaired) electrons. The molecule has 6 heteroatoms. The lowest BCUT2D eigenvalue weighted by molar-refractivity contribution is 0.0691.